The molecule has 2 aromatic rings. The van der Waals surface area contributed by atoms with Crippen LogP contribution >= 0.6 is 0 Å². The maximum Gasteiger partial charge on any atom is 0.168 e. The summed E-state index contributed by atoms with van der Waals surface area (Å²) < 4.78 is 10.3. The largest absolute Gasteiger partial charge is 0.504 e. The average molecular weight is 232 g/mol. The van der Waals surface area contributed by atoms with Gasteiger partial charge in [-0.05, 0) is 30.7 Å². The third-order valence-corrected chi connectivity index (χ3v) is 2.39. The van der Waals surface area contributed by atoms with Crippen molar-refractivity contribution in [2.24, 2.45) is 0 Å². The predicted octanol–water partition coefficient (Wildman–Crippen LogP) is 2.86. The first kappa shape index (κ1) is 11.3. The van der Waals surface area contributed by atoms with E-state index in [4.69, 9.17) is 9.15 Å². The van der Waals surface area contributed by atoms with Crippen LogP contribution in [0, 0.1) is 0 Å². The van der Waals surface area contributed by atoms with Gasteiger partial charge in [0.15, 0.2) is 17.8 Å². The number of phenols is 1. The molecule has 0 fully saturated rings. The van der Waals surface area contributed by atoms with Gasteiger partial charge in [0.2, 0.25) is 0 Å². The SMILES string of the molecule is CCOc1cc(-c2ccoc2)cc(C=O)c1O. The van der Waals surface area contributed by atoms with E-state index in [1.165, 1.54) is 0 Å². The zero-order valence-corrected chi connectivity index (χ0v) is 9.34. The number of carbonyl (C=O) groups is 1. The minimum atomic E-state index is -0.130. The first-order valence-corrected chi connectivity index (χ1v) is 5.23. The highest BCUT2D eigenvalue weighted by Crippen LogP contribution is 2.35. The van der Waals surface area contributed by atoms with Crippen LogP contribution in [0.4, 0.5) is 0 Å². The molecular weight excluding hydrogens is 220 g/mol. The number of furan rings is 1. The Bertz CT molecular complexity index is 514. The van der Waals surface area contributed by atoms with Gasteiger partial charge >= 0.3 is 0 Å². The molecule has 1 aromatic heterocycles. The number of carbonyl (C=O) groups excluding carboxylic acids is 1. The van der Waals surface area contributed by atoms with Crippen LogP contribution < -0.4 is 4.74 Å². The molecule has 2 rings (SSSR count). The number of aldehydes is 1. The van der Waals surface area contributed by atoms with E-state index in [-0.39, 0.29) is 11.3 Å². The molecule has 4 heteroatoms. The van der Waals surface area contributed by atoms with Gasteiger partial charge in [0, 0.05) is 5.56 Å². The van der Waals surface area contributed by atoms with Crippen molar-refractivity contribution in [3.63, 3.8) is 0 Å². The van der Waals surface area contributed by atoms with Gasteiger partial charge in [-0.1, -0.05) is 0 Å². The summed E-state index contributed by atoms with van der Waals surface area (Å²) in [6.07, 6.45) is 3.71. The smallest absolute Gasteiger partial charge is 0.168 e. The molecular formula is C13H12O4. The zero-order valence-electron chi connectivity index (χ0n) is 9.34. The number of ether oxygens (including phenoxy) is 1. The van der Waals surface area contributed by atoms with E-state index in [1.807, 2.05) is 6.92 Å². The molecule has 1 aromatic carbocycles. The Hall–Kier alpha value is -2.23. The Labute approximate surface area is 98.4 Å². The quantitative estimate of drug-likeness (QED) is 0.823. The Kier molecular flexibility index (Phi) is 3.14. The summed E-state index contributed by atoms with van der Waals surface area (Å²) in [7, 11) is 0. The van der Waals surface area contributed by atoms with Gasteiger partial charge < -0.3 is 14.3 Å². The van der Waals surface area contributed by atoms with Crippen LogP contribution in [0.2, 0.25) is 0 Å². The Morgan fingerprint density at radius 1 is 1.41 bits per heavy atom. The Morgan fingerprint density at radius 3 is 2.82 bits per heavy atom. The molecule has 0 spiro atoms. The molecule has 0 radical (unpaired) electrons. The van der Waals surface area contributed by atoms with Gasteiger partial charge in [0.25, 0.3) is 0 Å². The lowest BCUT2D eigenvalue weighted by molar-refractivity contribution is 0.112. The highest BCUT2D eigenvalue weighted by Gasteiger charge is 2.12. The summed E-state index contributed by atoms with van der Waals surface area (Å²) in [6.45, 7) is 2.23. The molecule has 17 heavy (non-hydrogen) atoms. The molecule has 1 N–H and O–H groups in total. The van der Waals surface area contributed by atoms with Crippen molar-refractivity contribution < 1.29 is 19.1 Å². The fraction of sp³-hybridized carbons (Fsp3) is 0.154. The maximum atomic E-state index is 10.9. The van der Waals surface area contributed by atoms with E-state index in [0.717, 1.165) is 11.1 Å². The highest BCUT2D eigenvalue weighted by atomic mass is 16.5. The van der Waals surface area contributed by atoms with Crippen molar-refractivity contribution in [1.82, 2.24) is 0 Å². The van der Waals surface area contributed by atoms with Crippen LogP contribution in [0.5, 0.6) is 11.5 Å². The van der Waals surface area contributed by atoms with E-state index in [1.54, 1.807) is 30.7 Å². The van der Waals surface area contributed by atoms with Crippen LogP contribution in [0.1, 0.15) is 17.3 Å². The van der Waals surface area contributed by atoms with Crippen LogP contribution in [-0.4, -0.2) is 18.0 Å². The van der Waals surface area contributed by atoms with Crippen molar-refractivity contribution in [2.75, 3.05) is 6.61 Å². The van der Waals surface area contributed by atoms with Gasteiger partial charge in [0.05, 0.1) is 24.7 Å². The molecule has 0 unspecified atom stereocenters. The van der Waals surface area contributed by atoms with Crippen molar-refractivity contribution in [3.8, 4) is 22.6 Å². The zero-order chi connectivity index (χ0) is 12.3. The molecule has 1 heterocycles. The van der Waals surface area contributed by atoms with Crippen molar-refractivity contribution in [2.45, 2.75) is 6.92 Å². The van der Waals surface area contributed by atoms with Gasteiger partial charge in [0.1, 0.15) is 0 Å². The highest BCUT2D eigenvalue weighted by molar-refractivity contribution is 5.85. The molecule has 0 aliphatic heterocycles. The van der Waals surface area contributed by atoms with E-state index >= 15 is 0 Å². The van der Waals surface area contributed by atoms with E-state index in [0.29, 0.717) is 18.6 Å². The lowest BCUT2D eigenvalue weighted by Crippen LogP contribution is -1.95. The lowest BCUT2D eigenvalue weighted by atomic mass is 10.0. The first-order valence-electron chi connectivity index (χ1n) is 5.23. The minimum Gasteiger partial charge on any atom is -0.504 e. The summed E-state index contributed by atoms with van der Waals surface area (Å²) in [5.74, 6) is 0.169. The molecule has 0 saturated heterocycles. The van der Waals surface area contributed by atoms with E-state index in [2.05, 4.69) is 0 Å². The average Bonchev–Trinajstić information content (AvgIpc) is 2.85. The van der Waals surface area contributed by atoms with Gasteiger partial charge in [-0.25, -0.2) is 0 Å². The van der Waals surface area contributed by atoms with Crippen molar-refractivity contribution in [1.29, 1.82) is 0 Å². The number of hydrogen-bond donors (Lipinski definition) is 1. The van der Waals surface area contributed by atoms with E-state index < -0.39 is 0 Å². The number of phenolic OH excluding ortho intramolecular Hbond substituents is 1. The predicted molar refractivity (Wildman–Crippen MR) is 62.4 cm³/mol. The second-order valence-corrected chi connectivity index (χ2v) is 3.48. The Morgan fingerprint density at radius 2 is 2.24 bits per heavy atom. The summed E-state index contributed by atoms with van der Waals surface area (Å²) in [5, 5.41) is 9.76. The van der Waals surface area contributed by atoms with Gasteiger partial charge in [-0.3, -0.25) is 4.79 Å². The van der Waals surface area contributed by atoms with E-state index in [9.17, 15) is 9.90 Å². The number of benzene rings is 1. The molecule has 0 aliphatic rings. The summed E-state index contributed by atoms with van der Waals surface area (Å²) >= 11 is 0. The van der Waals surface area contributed by atoms with Gasteiger partial charge in [-0.15, -0.1) is 0 Å². The molecule has 0 amide bonds. The molecule has 4 nitrogen and oxygen atoms in total. The molecule has 0 bridgehead atoms. The monoisotopic (exact) mass is 232 g/mol. The first-order chi connectivity index (χ1) is 8.26. The standard InChI is InChI=1S/C13H12O4/c1-2-17-12-6-10(9-3-4-16-8-9)5-11(7-14)13(12)15/h3-8,15H,2H2,1H3. The van der Waals surface area contributed by atoms with Crippen molar-refractivity contribution in [3.05, 3.63) is 36.3 Å². The third-order valence-electron chi connectivity index (χ3n) is 2.39. The third kappa shape index (κ3) is 2.15. The number of rotatable bonds is 4. The molecule has 0 aliphatic carbocycles. The topological polar surface area (TPSA) is 59.7 Å². The fourth-order valence-corrected chi connectivity index (χ4v) is 1.58. The van der Waals surface area contributed by atoms with Gasteiger partial charge in [-0.2, -0.15) is 0 Å². The second-order valence-electron chi connectivity index (χ2n) is 3.48. The number of aromatic hydroxyl groups is 1. The summed E-state index contributed by atoms with van der Waals surface area (Å²) in [4.78, 5) is 10.9. The maximum absolute atomic E-state index is 10.9. The van der Waals surface area contributed by atoms with Crippen LogP contribution in [0.15, 0.2) is 35.1 Å². The second kappa shape index (κ2) is 4.74. The fourth-order valence-electron chi connectivity index (χ4n) is 1.58. The number of hydrogen-bond acceptors (Lipinski definition) is 4. The Balaban J connectivity index is 2.54. The summed E-state index contributed by atoms with van der Waals surface area (Å²) in [6, 6.07) is 5.04. The van der Waals surface area contributed by atoms with Crippen molar-refractivity contribution >= 4 is 6.29 Å². The normalized spacial score (nSPS) is 10.2. The molecule has 0 atom stereocenters. The minimum absolute atomic E-state index is 0.130. The van der Waals surface area contributed by atoms with Crippen LogP contribution in [0.3, 0.4) is 0 Å². The lowest BCUT2D eigenvalue weighted by Gasteiger charge is -2.09. The summed E-state index contributed by atoms with van der Waals surface area (Å²) in [5.41, 5.74) is 1.79. The van der Waals surface area contributed by atoms with Crippen LogP contribution in [-0.2, 0) is 0 Å². The van der Waals surface area contributed by atoms with Crippen LogP contribution in [0.25, 0.3) is 11.1 Å². The molecule has 0 saturated carbocycles. The molecule has 88 valence electrons.